The lowest BCUT2D eigenvalue weighted by Gasteiger charge is -2.15. The van der Waals surface area contributed by atoms with Crippen molar-refractivity contribution in [3.8, 4) is 11.3 Å². The molecular formula is C18H13ClFN3OS. The molecule has 126 valence electrons. The van der Waals surface area contributed by atoms with E-state index >= 15 is 0 Å². The summed E-state index contributed by atoms with van der Waals surface area (Å²) in [7, 11) is 0. The quantitative estimate of drug-likeness (QED) is 0.628. The minimum absolute atomic E-state index is 0.0824. The molecule has 0 atom stereocenters. The first-order valence-electron chi connectivity index (χ1n) is 7.35. The van der Waals surface area contributed by atoms with Crippen molar-refractivity contribution >= 4 is 40.9 Å². The van der Waals surface area contributed by atoms with Crippen LogP contribution < -0.4 is 5.32 Å². The monoisotopic (exact) mass is 373 g/mol. The molecule has 0 saturated carbocycles. The summed E-state index contributed by atoms with van der Waals surface area (Å²) in [5, 5.41) is 2.90. The maximum absolute atomic E-state index is 14.2. The molecule has 3 rings (SSSR count). The summed E-state index contributed by atoms with van der Waals surface area (Å²) in [6, 6.07) is 13.1. The number of rotatable bonds is 4. The van der Waals surface area contributed by atoms with Crippen LogP contribution in [0.4, 0.5) is 15.9 Å². The summed E-state index contributed by atoms with van der Waals surface area (Å²) in [6.07, 6.45) is 0. The normalized spacial score (nSPS) is 10.6. The molecule has 1 aromatic heterocycles. The van der Waals surface area contributed by atoms with Gasteiger partial charge in [-0.15, -0.1) is 12.6 Å². The zero-order chi connectivity index (χ0) is 18.0. The lowest BCUT2D eigenvalue weighted by Crippen LogP contribution is -2.09. The van der Waals surface area contributed by atoms with E-state index in [1.54, 1.807) is 49.4 Å². The Morgan fingerprint density at radius 1 is 1.12 bits per heavy atom. The van der Waals surface area contributed by atoms with Crippen molar-refractivity contribution in [2.24, 2.45) is 0 Å². The van der Waals surface area contributed by atoms with Crippen LogP contribution in [0.5, 0.6) is 0 Å². The Balaban J connectivity index is 2.21. The summed E-state index contributed by atoms with van der Waals surface area (Å²) in [6.45, 7) is 1.66. The van der Waals surface area contributed by atoms with Crippen molar-refractivity contribution in [3.63, 3.8) is 0 Å². The van der Waals surface area contributed by atoms with Gasteiger partial charge in [0.1, 0.15) is 17.5 Å². The van der Waals surface area contributed by atoms with Gasteiger partial charge in [0, 0.05) is 5.56 Å². The number of carbonyl (C=O) groups is 1. The third-order valence-corrected chi connectivity index (χ3v) is 4.04. The van der Waals surface area contributed by atoms with Crippen LogP contribution >= 0.6 is 24.2 Å². The van der Waals surface area contributed by atoms with Gasteiger partial charge in [-0.3, -0.25) is 4.79 Å². The number of para-hydroxylation sites is 1. The number of hydrogen-bond acceptors (Lipinski definition) is 4. The summed E-state index contributed by atoms with van der Waals surface area (Å²) in [4.78, 5) is 20.7. The molecule has 0 aliphatic carbocycles. The Morgan fingerprint density at radius 2 is 1.80 bits per heavy atom. The zero-order valence-corrected chi connectivity index (χ0v) is 14.8. The number of thiol groups is 1. The highest BCUT2D eigenvalue weighted by Crippen LogP contribution is 2.32. The van der Waals surface area contributed by atoms with E-state index in [-0.39, 0.29) is 22.6 Å². The minimum atomic E-state index is -0.576. The molecule has 0 aliphatic rings. The van der Waals surface area contributed by atoms with Gasteiger partial charge >= 0.3 is 0 Å². The van der Waals surface area contributed by atoms with E-state index in [9.17, 15) is 9.18 Å². The Kier molecular flexibility index (Phi) is 5.01. The average molecular weight is 374 g/mol. The fourth-order valence-corrected chi connectivity index (χ4v) is 2.80. The number of anilines is 2. The van der Waals surface area contributed by atoms with Crippen molar-refractivity contribution in [1.29, 1.82) is 0 Å². The number of aromatic nitrogens is 2. The van der Waals surface area contributed by atoms with E-state index in [4.69, 9.17) is 11.6 Å². The number of carbonyl (C=O) groups excluding carboxylic acids is 1. The Bertz CT molecular complexity index is 965. The first-order valence-corrected chi connectivity index (χ1v) is 8.18. The molecule has 3 aromatic rings. The van der Waals surface area contributed by atoms with Gasteiger partial charge in [0.05, 0.1) is 22.0 Å². The van der Waals surface area contributed by atoms with Crippen LogP contribution in [0.1, 0.15) is 16.2 Å². The molecule has 25 heavy (non-hydrogen) atoms. The van der Waals surface area contributed by atoms with Gasteiger partial charge in [0.15, 0.2) is 0 Å². The Hall–Kier alpha value is -2.44. The predicted molar refractivity (Wildman–Crippen MR) is 100 cm³/mol. The fraction of sp³-hybridized carbons (Fsp3) is 0.0556. The van der Waals surface area contributed by atoms with Crippen LogP contribution in [-0.4, -0.2) is 15.1 Å². The highest BCUT2D eigenvalue weighted by molar-refractivity contribution is 7.97. The second-order valence-electron chi connectivity index (χ2n) is 5.23. The van der Waals surface area contributed by atoms with E-state index in [1.165, 1.54) is 6.07 Å². The van der Waals surface area contributed by atoms with Gasteiger partial charge in [-0.2, -0.15) is 0 Å². The number of aryl methyl sites for hydroxylation is 1. The van der Waals surface area contributed by atoms with Crippen LogP contribution in [0.15, 0.2) is 48.5 Å². The lowest BCUT2D eigenvalue weighted by molar-refractivity contribution is 0.109. The van der Waals surface area contributed by atoms with Gasteiger partial charge in [-0.05, 0) is 31.2 Å². The van der Waals surface area contributed by atoms with E-state index in [0.29, 0.717) is 16.5 Å². The maximum Gasteiger partial charge on any atom is 0.222 e. The molecule has 0 bridgehead atoms. The molecule has 0 aliphatic heterocycles. The van der Waals surface area contributed by atoms with Gasteiger partial charge in [0.2, 0.25) is 5.12 Å². The average Bonchev–Trinajstić information content (AvgIpc) is 2.56. The maximum atomic E-state index is 14.2. The molecule has 0 radical (unpaired) electrons. The van der Waals surface area contributed by atoms with E-state index in [1.807, 2.05) is 0 Å². The molecule has 1 heterocycles. The van der Waals surface area contributed by atoms with Crippen molar-refractivity contribution in [3.05, 3.63) is 70.8 Å². The number of hydrogen-bond donors (Lipinski definition) is 2. The van der Waals surface area contributed by atoms with Gasteiger partial charge in [-0.1, -0.05) is 35.9 Å². The van der Waals surface area contributed by atoms with Gasteiger partial charge in [-0.25, -0.2) is 14.4 Å². The second-order valence-corrected chi connectivity index (χ2v) is 6.05. The number of nitrogens with one attached hydrogen (secondary N) is 1. The molecule has 0 amide bonds. The van der Waals surface area contributed by atoms with E-state index in [0.717, 1.165) is 0 Å². The SMILES string of the molecule is Cc1nc(Nc2ccccc2Cl)c(C(=O)S)c(-c2ccccc2F)n1. The third kappa shape index (κ3) is 3.65. The Morgan fingerprint density at radius 3 is 2.48 bits per heavy atom. The van der Waals surface area contributed by atoms with Crippen molar-refractivity contribution < 1.29 is 9.18 Å². The molecule has 0 unspecified atom stereocenters. The van der Waals surface area contributed by atoms with Crippen LogP contribution in [0.2, 0.25) is 5.02 Å². The highest BCUT2D eigenvalue weighted by atomic mass is 35.5. The molecule has 4 nitrogen and oxygen atoms in total. The van der Waals surface area contributed by atoms with E-state index < -0.39 is 10.9 Å². The summed E-state index contributed by atoms with van der Waals surface area (Å²) >= 11 is 10.1. The highest BCUT2D eigenvalue weighted by Gasteiger charge is 2.21. The third-order valence-electron chi connectivity index (χ3n) is 3.49. The summed E-state index contributed by atoms with van der Waals surface area (Å²) in [5.41, 5.74) is 1.03. The molecule has 0 saturated heterocycles. The molecule has 1 N–H and O–H groups in total. The topological polar surface area (TPSA) is 54.9 Å². The first-order chi connectivity index (χ1) is 12.0. The lowest BCUT2D eigenvalue weighted by atomic mass is 10.1. The Labute approximate surface area is 154 Å². The molecule has 0 spiro atoms. The molecule has 7 heteroatoms. The van der Waals surface area contributed by atoms with Crippen LogP contribution in [-0.2, 0) is 0 Å². The molecule has 2 aromatic carbocycles. The second kappa shape index (κ2) is 7.21. The van der Waals surface area contributed by atoms with Crippen LogP contribution in [0.3, 0.4) is 0 Å². The predicted octanol–water partition coefficient (Wildman–Crippen LogP) is 5.06. The fourth-order valence-electron chi connectivity index (χ4n) is 2.40. The number of benzene rings is 2. The van der Waals surface area contributed by atoms with Crippen molar-refractivity contribution in [2.45, 2.75) is 6.92 Å². The smallest absolute Gasteiger partial charge is 0.222 e. The number of halogens is 2. The zero-order valence-electron chi connectivity index (χ0n) is 13.1. The standard InChI is InChI=1S/C18H13ClFN3OS/c1-10-21-16(11-6-2-4-8-13(11)20)15(18(24)25)17(22-10)23-14-9-5-3-7-12(14)19/h2-9H,1H3,(H,24,25)(H,21,22,23). The van der Waals surface area contributed by atoms with Crippen molar-refractivity contribution in [2.75, 3.05) is 5.32 Å². The first kappa shape index (κ1) is 17.4. The van der Waals surface area contributed by atoms with Gasteiger partial charge in [0.25, 0.3) is 0 Å². The number of nitrogens with zero attached hydrogens (tertiary/aromatic N) is 2. The van der Waals surface area contributed by atoms with Crippen molar-refractivity contribution in [1.82, 2.24) is 9.97 Å². The summed E-state index contributed by atoms with van der Waals surface area (Å²) < 4.78 is 14.2. The molecule has 0 fully saturated rings. The summed E-state index contributed by atoms with van der Waals surface area (Å²) in [5.74, 6) is 0.116. The van der Waals surface area contributed by atoms with Crippen LogP contribution in [0.25, 0.3) is 11.3 Å². The largest absolute Gasteiger partial charge is 0.338 e. The van der Waals surface area contributed by atoms with Crippen LogP contribution in [0, 0.1) is 12.7 Å². The minimum Gasteiger partial charge on any atom is -0.338 e. The van der Waals surface area contributed by atoms with Gasteiger partial charge < -0.3 is 5.32 Å². The van der Waals surface area contributed by atoms with E-state index in [2.05, 4.69) is 27.9 Å². The molecular weight excluding hydrogens is 361 g/mol.